The molecule has 2 aromatic rings. The lowest BCUT2D eigenvalue weighted by Gasteiger charge is -2.14. The van der Waals surface area contributed by atoms with Crippen molar-refractivity contribution < 1.29 is 12.9 Å². The lowest BCUT2D eigenvalue weighted by atomic mass is 10.1. The molecule has 0 saturated heterocycles. The van der Waals surface area contributed by atoms with E-state index in [1.54, 1.807) is 25.1 Å². The van der Waals surface area contributed by atoms with Crippen molar-refractivity contribution in [1.82, 2.24) is 15.5 Å². The maximum atomic E-state index is 11.2. The molecule has 1 atom stereocenters. The molecule has 0 aliphatic carbocycles. The Labute approximate surface area is 123 Å². The number of aryl methyl sites for hydroxylation is 1. The minimum absolute atomic E-state index is 0.0186. The van der Waals surface area contributed by atoms with E-state index in [1.807, 2.05) is 13.0 Å². The van der Waals surface area contributed by atoms with Gasteiger partial charge in [-0.05, 0) is 24.6 Å². The van der Waals surface area contributed by atoms with E-state index in [-0.39, 0.29) is 6.04 Å². The molecule has 1 aromatic carbocycles. The van der Waals surface area contributed by atoms with Gasteiger partial charge in [-0.3, -0.25) is 4.72 Å². The van der Waals surface area contributed by atoms with Crippen LogP contribution in [0.2, 0.25) is 0 Å². The van der Waals surface area contributed by atoms with Gasteiger partial charge in [0.25, 0.3) is 0 Å². The molecule has 21 heavy (non-hydrogen) atoms. The van der Waals surface area contributed by atoms with Gasteiger partial charge in [0.2, 0.25) is 15.9 Å². The van der Waals surface area contributed by atoms with Crippen LogP contribution in [0.5, 0.6) is 0 Å². The van der Waals surface area contributed by atoms with Gasteiger partial charge in [-0.25, -0.2) is 8.42 Å². The maximum Gasteiger partial charge on any atom is 0.229 e. The van der Waals surface area contributed by atoms with E-state index < -0.39 is 10.0 Å². The van der Waals surface area contributed by atoms with Gasteiger partial charge >= 0.3 is 0 Å². The van der Waals surface area contributed by atoms with Crippen molar-refractivity contribution >= 4 is 15.7 Å². The summed E-state index contributed by atoms with van der Waals surface area (Å²) in [7, 11) is -3.27. The molecule has 114 valence electrons. The summed E-state index contributed by atoms with van der Waals surface area (Å²) in [6.45, 7) is 4.19. The Balaban J connectivity index is 2.01. The molecule has 0 amide bonds. The summed E-state index contributed by atoms with van der Waals surface area (Å²) in [5, 5.41) is 7.06. The molecule has 0 spiro atoms. The van der Waals surface area contributed by atoms with E-state index in [4.69, 9.17) is 4.52 Å². The number of sulfonamides is 1. The van der Waals surface area contributed by atoms with Crippen LogP contribution in [0.4, 0.5) is 5.69 Å². The van der Waals surface area contributed by atoms with Crippen molar-refractivity contribution in [3.63, 3.8) is 0 Å². The van der Waals surface area contributed by atoms with Crippen molar-refractivity contribution in [3.8, 4) is 0 Å². The standard InChI is InChI=1S/C13H18N4O3S/c1-9(14-8-13-15-10(2)20-16-13)11-5-4-6-12(7-11)17-21(3,18)19/h4-7,9,14,17H,8H2,1-3H3. The molecule has 0 fully saturated rings. The second-order valence-corrected chi connectivity index (χ2v) is 6.58. The molecule has 2 N–H and O–H groups in total. The number of nitrogens with zero attached hydrogens (tertiary/aromatic N) is 2. The molecule has 8 heteroatoms. The van der Waals surface area contributed by atoms with Crippen LogP contribution in [0.1, 0.15) is 30.2 Å². The van der Waals surface area contributed by atoms with Gasteiger partial charge in [0.05, 0.1) is 12.8 Å². The van der Waals surface area contributed by atoms with Crippen LogP contribution in [0.15, 0.2) is 28.8 Å². The molecule has 1 heterocycles. The number of benzene rings is 1. The molecule has 2 rings (SSSR count). The number of hydrogen-bond donors (Lipinski definition) is 2. The monoisotopic (exact) mass is 310 g/mol. The van der Waals surface area contributed by atoms with Gasteiger partial charge in [0, 0.05) is 18.7 Å². The van der Waals surface area contributed by atoms with Crippen LogP contribution < -0.4 is 10.0 Å². The SMILES string of the molecule is Cc1nc(CNC(C)c2cccc(NS(C)(=O)=O)c2)no1. The highest BCUT2D eigenvalue weighted by molar-refractivity contribution is 7.92. The molecule has 1 unspecified atom stereocenters. The largest absolute Gasteiger partial charge is 0.340 e. The third kappa shape index (κ3) is 4.83. The van der Waals surface area contributed by atoms with Gasteiger partial charge < -0.3 is 9.84 Å². The van der Waals surface area contributed by atoms with E-state index >= 15 is 0 Å². The predicted octanol–water partition coefficient (Wildman–Crippen LogP) is 1.60. The fourth-order valence-corrected chi connectivity index (χ4v) is 2.42. The van der Waals surface area contributed by atoms with Crippen LogP contribution in [0, 0.1) is 6.92 Å². The number of aromatic nitrogens is 2. The van der Waals surface area contributed by atoms with Crippen LogP contribution >= 0.6 is 0 Å². The van der Waals surface area contributed by atoms with Crippen molar-refractivity contribution in [3.05, 3.63) is 41.5 Å². The van der Waals surface area contributed by atoms with Crippen LogP contribution in [0.3, 0.4) is 0 Å². The van der Waals surface area contributed by atoms with Crippen molar-refractivity contribution in [2.24, 2.45) is 0 Å². The zero-order valence-corrected chi connectivity index (χ0v) is 12.9. The first-order valence-electron chi connectivity index (χ1n) is 6.44. The second kappa shape index (κ2) is 6.23. The number of anilines is 1. The third-order valence-corrected chi connectivity index (χ3v) is 3.43. The van der Waals surface area contributed by atoms with Crippen LogP contribution in [-0.2, 0) is 16.6 Å². The molecule has 0 saturated carbocycles. The van der Waals surface area contributed by atoms with E-state index in [2.05, 4.69) is 20.2 Å². The first-order valence-corrected chi connectivity index (χ1v) is 8.33. The quantitative estimate of drug-likeness (QED) is 0.841. The number of nitrogens with one attached hydrogen (secondary N) is 2. The Bertz CT molecular complexity index is 712. The van der Waals surface area contributed by atoms with E-state index in [0.717, 1.165) is 11.8 Å². The summed E-state index contributed by atoms with van der Waals surface area (Å²) < 4.78 is 29.8. The summed E-state index contributed by atoms with van der Waals surface area (Å²) in [6.07, 6.45) is 1.12. The van der Waals surface area contributed by atoms with Gasteiger partial charge in [-0.15, -0.1) is 0 Å². The fourth-order valence-electron chi connectivity index (χ4n) is 1.86. The minimum Gasteiger partial charge on any atom is -0.340 e. The first kappa shape index (κ1) is 15.5. The van der Waals surface area contributed by atoms with Crippen molar-refractivity contribution in [2.75, 3.05) is 11.0 Å². The van der Waals surface area contributed by atoms with Gasteiger partial charge in [-0.1, -0.05) is 17.3 Å². The minimum atomic E-state index is -3.27. The highest BCUT2D eigenvalue weighted by Crippen LogP contribution is 2.18. The molecule has 0 bridgehead atoms. The van der Waals surface area contributed by atoms with Crippen LogP contribution in [-0.4, -0.2) is 24.8 Å². The Hall–Kier alpha value is -1.93. The predicted molar refractivity (Wildman–Crippen MR) is 79.2 cm³/mol. The third-order valence-electron chi connectivity index (χ3n) is 2.83. The Morgan fingerprint density at radius 2 is 2.14 bits per heavy atom. The molecular formula is C13H18N4O3S. The van der Waals surface area contributed by atoms with E-state index in [9.17, 15) is 8.42 Å². The van der Waals surface area contributed by atoms with Crippen LogP contribution in [0.25, 0.3) is 0 Å². The first-order chi connectivity index (χ1) is 9.83. The zero-order chi connectivity index (χ0) is 15.5. The highest BCUT2D eigenvalue weighted by Gasteiger charge is 2.09. The van der Waals surface area contributed by atoms with Gasteiger partial charge in [-0.2, -0.15) is 4.98 Å². The fraction of sp³-hybridized carbons (Fsp3) is 0.385. The smallest absolute Gasteiger partial charge is 0.229 e. The summed E-state index contributed by atoms with van der Waals surface area (Å²) >= 11 is 0. The zero-order valence-electron chi connectivity index (χ0n) is 12.1. The summed E-state index contributed by atoms with van der Waals surface area (Å²) in [4.78, 5) is 4.11. The average Bonchev–Trinajstić information content (AvgIpc) is 2.80. The number of rotatable bonds is 6. The molecule has 0 aliphatic rings. The highest BCUT2D eigenvalue weighted by atomic mass is 32.2. The lowest BCUT2D eigenvalue weighted by molar-refractivity contribution is 0.384. The Morgan fingerprint density at radius 3 is 2.76 bits per heavy atom. The molecule has 0 aliphatic heterocycles. The summed E-state index contributed by atoms with van der Waals surface area (Å²) in [5.74, 6) is 1.11. The maximum absolute atomic E-state index is 11.2. The Kier molecular flexibility index (Phi) is 4.59. The van der Waals surface area contributed by atoms with Gasteiger partial charge in [0.1, 0.15) is 0 Å². The van der Waals surface area contributed by atoms with Gasteiger partial charge in [0.15, 0.2) is 5.82 Å². The van der Waals surface area contributed by atoms with Crippen molar-refractivity contribution in [2.45, 2.75) is 26.4 Å². The summed E-state index contributed by atoms with van der Waals surface area (Å²) in [5.41, 5.74) is 1.50. The summed E-state index contributed by atoms with van der Waals surface area (Å²) in [6, 6.07) is 7.25. The molecule has 7 nitrogen and oxygen atoms in total. The lowest BCUT2D eigenvalue weighted by Crippen LogP contribution is -2.19. The molecular weight excluding hydrogens is 292 g/mol. The molecule has 1 aromatic heterocycles. The average molecular weight is 310 g/mol. The molecule has 0 radical (unpaired) electrons. The van der Waals surface area contributed by atoms with E-state index in [0.29, 0.717) is 23.9 Å². The van der Waals surface area contributed by atoms with E-state index in [1.165, 1.54) is 0 Å². The number of hydrogen-bond acceptors (Lipinski definition) is 6. The Morgan fingerprint density at radius 1 is 1.38 bits per heavy atom. The normalized spacial score (nSPS) is 13.1. The topological polar surface area (TPSA) is 97.1 Å². The van der Waals surface area contributed by atoms with Crippen molar-refractivity contribution in [1.29, 1.82) is 0 Å². The second-order valence-electron chi connectivity index (χ2n) is 4.83.